The Labute approximate surface area is 153 Å². The van der Waals surface area contributed by atoms with Crippen molar-refractivity contribution in [3.05, 3.63) is 62.9 Å². The van der Waals surface area contributed by atoms with E-state index < -0.39 is 0 Å². The predicted octanol–water partition coefficient (Wildman–Crippen LogP) is 4.59. The topological polar surface area (TPSA) is 64.2 Å². The third-order valence-corrected chi connectivity index (χ3v) is 5.31. The number of halogens is 1. The van der Waals surface area contributed by atoms with Crippen molar-refractivity contribution >= 4 is 38.3 Å². The van der Waals surface area contributed by atoms with Gasteiger partial charge in [-0.05, 0) is 37.1 Å². The van der Waals surface area contributed by atoms with Crippen LogP contribution in [0.1, 0.15) is 24.7 Å². The van der Waals surface area contributed by atoms with Crippen molar-refractivity contribution in [3.8, 4) is 0 Å². The first-order valence-corrected chi connectivity index (χ1v) is 8.97. The van der Waals surface area contributed by atoms with E-state index in [1.807, 2.05) is 43.4 Å². The van der Waals surface area contributed by atoms with Crippen LogP contribution in [-0.2, 0) is 7.05 Å². The average Bonchev–Trinajstić information content (AvgIpc) is 3.20. The highest BCUT2D eigenvalue weighted by Gasteiger charge is 2.33. The first-order valence-electron chi connectivity index (χ1n) is 8.18. The number of anilines is 1. The summed E-state index contributed by atoms with van der Waals surface area (Å²) < 4.78 is 2.81. The highest BCUT2D eigenvalue weighted by Crippen LogP contribution is 2.41. The van der Waals surface area contributed by atoms with Gasteiger partial charge in [0.15, 0.2) is 0 Å². The SMILES string of the molecule is Cn1c([C@H]2CCCN2c2ccc(Br)cc2[N+](=O)[O-])nc2ccccc21. The lowest BCUT2D eigenvalue weighted by molar-refractivity contribution is -0.384. The molecule has 1 atom stereocenters. The molecule has 3 aromatic rings. The normalized spacial score (nSPS) is 17.4. The van der Waals surface area contributed by atoms with Gasteiger partial charge >= 0.3 is 0 Å². The minimum atomic E-state index is -0.315. The molecule has 6 nitrogen and oxygen atoms in total. The third kappa shape index (κ3) is 2.68. The Bertz CT molecular complexity index is 969. The van der Waals surface area contributed by atoms with Gasteiger partial charge in [0.1, 0.15) is 11.5 Å². The van der Waals surface area contributed by atoms with Gasteiger partial charge in [0.2, 0.25) is 0 Å². The van der Waals surface area contributed by atoms with Gasteiger partial charge in [-0.2, -0.15) is 0 Å². The van der Waals surface area contributed by atoms with Crippen LogP contribution in [0.25, 0.3) is 11.0 Å². The first-order chi connectivity index (χ1) is 12.1. The van der Waals surface area contributed by atoms with Crippen molar-refractivity contribution in [1.82, 2.24) is 9.55 Å². The summed E-state index contributed by atoms with van der Waals surface area (Å²) >= 11 is 3.33. The molecular weight excluding hydrogens is 384 g/mol. The van der Waals surface area contributed by atoms with Crippen molar-refractivity contribution in [3.63, 3.8) is 0 Å². The van der Waals surface area contributed by atoms with Crippen LogP contribution in [0.15, 0.2) is 46.9 Å². The minimum Gasteiger partial charge on any atom is -0.356 e. The molecule has 1 fully saturated rings. The number of hydrogen-bond donors (Lipinski definition) is 0. The summed E-state index contributed by atoms with van der Waals surface area (Å²) in [6.45, 7) is 0.788. The molecule has 2 aromatic carbocycles. The van der Waals surface area contributed by atoms with Crippen molar-refractivity contribution in [2.75, 3.05) is 11.4 Å². The first kappa shape index (κ1) is 16.1. The Morgan fingerprint density at radius 1 is 1.28 bits per heavy atom. The molecule has 1 aromatic heterocycles. The molecule has 0 bridgehead atoms. The van der Waals surface area contributed by atoms with E-state index in [4.69, 9.17) is 4.98 Å². The fraction of sp³-hybridized carbons (Fsp3) is 0.278. The van der Waals surface area contributed by atoms with Crippen molar-refractivity contribution in [1.29, 1.82) is 0 Å². The Morgan fingerprint density at radius 3 is 2.84 bits per heavy atom. The number of para-hydroxylation sites is 2. The molecule has 0 aliphatic carbocycles. The van der Waals surface area contributed by atoms with Gasteiger partial charge in [0.25, 0.3) is 5.69 Å². The largest absolute Gasteiger partial charge is 0.356 e. The monoisotopic (exact) mass is 400 g/mol. The molecule has 0 spiro atoms. The molecular formula is C18H17BrN4O2. The maximum absolute atomic E-state index is 11.5. The second-order valence-corrected chi connectivity index (χ2v) is 7.17. The smallest absolute Gasteiger partial charge is 0.293 e. The zero-order valence-corrected chi connectivity index (χ0v) is 15.3. The Kier molecular flexibility index (Phi) is 3.95. The van der Waals surface area contributed by atoms with E-state index in [9.17, 15) is 10.1 Å². The van der Waals surface area contributed by atoms with Gasteiger partial charge in [-0.3, -0.25) is 10.1 Å². The van der Waals surface area contributed by atoms with Gasteiger partial charge in [0.05, 0.1) is 22.0 Å². The van der Waals surface area contributed by atoms with Gasteiger partial charge in [-0.25, -0.2) is 4.98 Å². The lowest BCUT2D eigenvalue weighted by atomic mass is 10.1. The quantitative estimate of drug-likeness (QED) is 0.476. The van der Waals surface area contributed by atoms with E-state index in [2.05, 4.69) is 25.4 Å². The van der Waals surface area contributed by atoms with E-state index in [1.54, 1.807) is 6.07 Å². The fourth-order valence-electron chi connectivity index (χ4n) is 3.67. The molecule has 0 saturated carbocycles. The van der Waals surface area contributed by atoms with Crippen molar-refractivity contribution < 1.29 is 4.92 Å². The molecule has 25 heavy (non-hydrogen) atoms. The molecule has 4 rings (SSSR count). The minimum absolute atomic E-state index is 0.0391. The van der Waals surface area contributed by atoms with Gasteiger partial charge in [-0.1, -0.05) is 28.1 Å². The van der Waals surface area contributed by atoms with E-state index in [-0.39, 0.29) is 16.7 Å². The maximum Gasteiger partial charge on any atom is 0.293 e. The van der Waals surface area contributed by atoms with Gasteiger partial charge in [0, 0.05) is 24.1 Å². The number of rotatable bonds is 3. The summed E-state index contributed by atoms with van der Waals surface area (Å²) in [7, 11) is 2.01. The zero-order chi connectivity index (χ0) is 17.6. The molecule has 1 aliphatic heterocycles. The molecule has 0 N–H and O–H groups in total. The maximum atomic E-state index is 11.5. The number of nitro groups is 1. The van der Waals surface area contributed by atoms with Crippen LogP contribution in [0.3, 0.4) is 0 Å². The molecule has 0 radical (unpaired) electrons. The number of hydrogen-bond acceptors (Lipinski definition) is 4. The Hall–Kier alpha value is -2.41. The number of aromatic nitrogens is 2. The number of fused-ring (bicyclic) bond motifs is 1. The Balaban J connectivity index is 1.81. The number of nitro benzene ring substituents is 1. The van der Waals surface area contributed by atoms with Crippen LogP contribution >= 0.6 is 15.9 Å². The molecule has 1 saturated heterocycles. The van der Waals surface area contributed by atoms with Crippen molar-refractivity contribution in [2.24, 2.45) is 7.05 Å². The van der Waals surface area contributed by atoms with Gasteiger partial charge in [-0.15, -0.1) is 0 Å². The summed E-state index contributed by atoms with van der Waals surface area (Å²) in [6, 6.07) is 13.3. The number of imidazole rings is 1. The van der Waals surface area contributed by atoms with Crippen LogP contribution in [0.2, 0.25) is 0 Å². The third-order valence-electron chi connectivity index (χ3n) is 4.82. The zero-order valence-electron chi connectivity index (χ0n) is 13.7. The standard InChI is InChI=1S/C18H17BrN4O2/c1-21-14-6-3-2-5-13(14)20-18(21)16-7-4-10-22(16)15-9-8-12(19)11-17(15)23(24)25/h2-3,5-6,8-9,11,16H,4,7,10H2,1H3/t16-/m1/s1. The summed E-state index contributed by atoms with van der Waals surface area (Å²) in [5, 5.41) is 11.5. The van der Waals surface area contributed by atoms with Crippen LogP contribution in [0, 0.1) is 10.1 Å². The predicted molar refractivity (Wildman–Crippen MR) is 101 cm³/mol. The second-order valence-electron chi connectivity index (χ2n) is 6.26. The van der Waals surface area contributed by atoms with Crippen LogP contribution in [0.5, 0.6) is 0 Å². The molecule has 128 valence electrons. The van der Waals surface area contributed by atoms with E-state index in [0.717, 1.165) is 36.2 Å². The summed E-state index contributed by atoms with van der Waals surface area (Å²) in [5.41, 5.74) is 2.81. The molecule has 7 heteroatoms. The fourth-order valence-corrected chi connectivity index (χ4v) is 4.02. The molecule has 2 heterocycles. The number of nitrogens with zero attached hydrogens (tertiary/aromatic N) is 4. The van der Waals surface area contributed by atoms with E-state index in [0.29, 0.717) is 10.2 Å². The lowest BCUT2D eigenvalue weighted by Crippen LogP contribution is -2.25. The Morgan fingerprint density at radius 2 is 2.08 bits per heavy atom. The van der Waals surface area contributed by atoms with Crippen molar-refractivity contribution in [2.45, 2.75) is 18.9 Å². The highest BCUT2D eigenvalue weighted by molar-refractivity contribution is 9.10. The lowest BCUT2D eigenvalue weighted by Gasteiger charge is -2.26. The molecule has 1 aliphatic rings. The van der Waals surface area contributed by atoms with E-state index >= 15 is 0 Å². The summed E-state index contributed by atoms with van der Waals surface area (Å²) in [4.78, 5) is 18.1. The van der Waals surface area contributed by atoms with Crippen LogP contribution in [0.4, 0.5) is 11.4 Å². The summed E-state index contributed by atoms with van der Waals surface area (Å²) in [5.74, 6) is 0.955. The average molecular weight is 401 g/mol. The summed E-state index contributed by atoms with van der Waals surface area (Å²) in [6.07, 6.45) is 1.92. The second kappa shape index (κ2) is 6.15. The number of aryl methyl sites for hydroxylation is 1. The van der Waals surface area contributed by atoms with Crippen LogP contribution in [-0.4, -0.2) is 21.0 Å². The highest BCUT2D eigenvalue weighted by atomic mass is 79.9. The number of benzene rings is 2. The van der Waals surface area contributed by atoms with E-state index in [1.165, 1.54) is 0 Å². The molecule has 0 unspecified atom stereocenters. The van der Waals surface area contributed by atoms with Crippen LogP contribution < -0.4 is 4.90 Å². The van der Waals surface area contributed by atoms with Gasteiger partial charge < -0.3 is 9.47 Å². The molecule has 0 amide bonds.